The van der Waals surface area contributed by atoms with Crippen LogP contribution in [0.5, 0.6) is 0 Å². The number of urea groups is 1. The van der Waals surface area contributed by atoms with Gasteiger partial charge in [0.1, 0.15) is 0 Å². The van der Waals surface area contributed by atoms with Crippen LogP contribution in [-0.4, -0.2) is 43.9 Å². The number of hydrogen-bond donors (Lipinski definition) is 1. The van der Waals surface area contributed by atoms with E-state index in [4.69, 9.17) is 0 Å². The van der Waals surface area contributed by atoms with Crippen molar-refractivity contribution in [2.24, 2.45) is 0 Å². The highest BCUT2D eigenvalue weighted by molar-refractivity contribution is 7.91. The van der Waals surface area contributed by atoms with Gasteiger partial charge in [0.25, 0.3) is 0 Å². The van der Waals surface area contributed by atoms with Crippen molar-refractivity contribution in [3.63, 3.8) is 0 Å². The van der Waals surface area contributed by atoms with Gasteiger partial charge in [-0.05, 0) is 19.1 Å². The summed E-state index contributed by atoms with van der Waals surface area (Å²) in [6.07, 6.45) is 0. The predicted octanol–water partition coefficient (Wildman–Crippen LogP) is 1.26. The van der Waals surface area contributed by atoms with Gasteiger partial charge in [-0.15, -0.1) is 0 Å². The van der Waals surface area contributed by atoms with Crippen LogP contribution >= 0.6 is 0 Å². The van der Waals surface area contributed by atoms with Crippen molar-refractivity contribution >= 4 is 21.6 Å². The summed E-state index contributed by atoms with van der Waals surface area (Å²) in [5.41, 5.74) is 1.84. The van der Waals surface area contributed by atoms with E-state index in [-0.39, 0.29) is 30.6 Å². The standard InChI is InChI=1S/C12H16N2O3S/c1-10-2-4-11(5-3-10)13-12(15)14-6-8-18(16,17)9-7-14/h2-5H,6-9H2,1H3,(H,13,15). The molecule has 0 atom stereocenters. The van der Waals surface area contributed by atoms with Crippen LogP contribution < -0.4 is 5.32 Å². The van der Waals surface area contributed by atoms with Gasteiger partial charge in [0, 0.05) is 18.8 Å². The average molecular weight is 268 g/mol. The van der Waals surface area contributed by atoms with Gasteiger partial charge in [-0.2, -0.15) is 0 Å². The number of rotatable bonds is 1. The number of hydrogen-bond acceptors (Lipinski definition) is 3. The van der Waals surface area contributed by atoms with Gasteiger partial charge in [0.05, 0.1) is 11.5 Å². The summed E-state index contributed by atoms with van der Waals surface area (Å²) in [4.78, 5) is 13.4. The Morgan fingerprint density at radius 3 is 2.28 bits per heavy atom. The second kappa shape index (κ2) is 4.97. The zero-order chi connectivity index (χ0) is 13.2. The molecule has 1 fully saturated rings. The van der Waals surface area contributed by atoms with E-state index in [1.54, 1.807) is 0 Å². The molecule has 0 aliphatic carbocycles. The molecule has 6 heteroatoms. The minimum absolute atomic E-state index is 0.0499. The maximum absolute atomic E-state index is 11.9. The minimum atomic E-state index is -2.95. The number of aryl methyl sites for hydroxylation is 1. The first-order valence-corrected chi connectivity index (χ1v) is 7.61. The highest BCUT2D eigenvalue weighted by Crippen LogP contribution is 2.11. The number of anilines is 1. The number of carbonyl (C=O) groups is 1. The van der Waals surface area contributed by atoms with E-state index in [1.165, 1.54) is 4.90 Å². The molecule has 1 heterocycles. The molecule has 0 saturated carbocycles. The summed E-state index contributed by atoms with van der Waals surface area (Å²) in [6.45, 7) is 2.50. The molecular weight excluding hydrogens is 252 g/mol. The van der Waals surface area contributed by atoms with Crippen molar-refractivity contribution in [3.8, 4) is 0 Å². The van der Waals surface area contributed by atoms with E-state index in [0.29, 0.717) is 0 Å². The SMILES string of the molecule is Cc1ccc(NC(=O)N2CCS(=O)(=O)CC2)cc1. The lowest BCUT2D eigenvalue weighted by Gasteiger charge is -2.26. The third-order valence-corrected chi connectivity index (χ3v) is 4.54. The summed E-state index contributed by atoms with van der Waals surface area (Å²) in [7, 11) is -2.95. The third kappa shape index (κ3) is 3.22. The van der Waals surface area contributed by atoms with Crippen molar-refractivity contribution in [2.75, 3.05) is 29.9 Å². The summed E-state index contributed by atoms with van der Waals surface area (Å²) >= 11 is 0. The normalized spacial score (nSPS) is 18.4. The van der Waals surface area contributed by atoms with Crippen LogP contribution in [0.1, 0.15) is 5.56 Å². The smallest absolute Gasteiger partial charge is 0.321 e. The van der Waals surface area contributed by atoms with E-state index >= 15 is 0 Å². The van der Waals surface area contributed by atoms with E-state index in [2.05, 4.69) is 5.32 Å². The third-order valence-electron chi connectivity index (χ3n) is 2.93. The lowest BCUT2D eigenvalue weighted by molar-refractivity contribution is 0.216. The Labute approximate surface area is 107 Å². The van der Waals surface area contributed by atoms with E-state index in [0.717, 1.165) is 11.3 Å². The Morgan fingerprint density at radius 2 is 1.72 bits per heavy atom. The Hall–Kier alpha value is -1.56. The number of benzene rings is 1. The molecule has 0 radical (unpaired) electrons. The molecule has 1 aliphatic heterocycles. The fourth-order valence-corrected chi connectivity index (χ4v) is 2.96. The van der Waals surface area contributed by atoms with Gasteiger partial charge in [-0.25, -0.2) is 13.2 Å². The van der Waals surface area contributed by atoms with E-state index < -0.39 is 9.84 Å². The maximum atomic E-state index is 11.9. The van der Waals surface area contributed by atoms with Gasteiger partial charge in [-0.1, -0.05) is 17.7 Å². The number of amides is 2. The number of carbonyl (C=O) groups excluding carboxylic acids is 1. The van der Waals surface area contributed by atoms with Gasteiger partial charge in [0.15, 0.2) is 9.84 Å². The number of sulfone groups is 1. The highest BCUT2D eigenvalue weighted by Gasteiger charge is 2.24. The van der Waals surface area contributed by atoms with Gasteiger partial charge >= 0.3 is 6.03 Å². The Balaban J connectivity index is 1.95. The molecule has 18 heavy (non-hydrogen) atoms. The van der Waals surface area contributed by atoms with Crippen molar-refractivity contribution in [3.05, 3.63) is 29.8 Å². The largest absolute Gasteiger partial charge is 0.322 e. The molecule has 5 nitrogen and oxygen atoms in total. The number of nitrogens with zero attached hydrogens (tertiary/aromatic N) is 1. The first-order valence-electron chi connectivity index (χ1n) is 5.79. The second-order valence-electron chi connectivity index (χ2n) is 4.44. The molecule has 1 saturated heterocycles. The molecule has 0 bridgehead atoms. The molecule has 1 aromatic rings. The lowest BCUT2D eigenvalue weighted by atomic mass is 10.2. The quantitative estimate of drug-likeness (QED) is 0.833. The summed E-state index contributed by atoms with van der Waals surface area (Å²) in [5, 5.41) is 2.76. The van der Waals surface area contributed by atoms with Crippen LogP contribution in [0.2, 0.25) is 0 Å². The van der Waals surface area contributed by atoms with Crippen LogP contribution in [-0.2, 0) is 9.84 Å². The molecule has 1 N–H and O–H groups in total. The van der Waals surface area contributed by atoms with Crippen LogP contribution in [0.15, 0.2) is 24.3 Å². The van der Waals surface area contributed by atoms with Crippen LogP contribution in [0, 0.1) is 6.92 Å². The van der Waals surface area contributed by atoms with Crippen molar-refractivity contribution in [1.29, 1.82) is 0 Å². The molecule has 0 aromatic heterocycles. The molecule has 2 rings (SSSR count). The monoisotopic (exact) mass is 268 g/mol. The molecule has 2 amide bonds. The lowest BCUT2D eigenvalue weighted by Crippen LogP contribution is -2.45. The average Bonchev–Trinajstić information content (AvgIpc) is 2.32. The minimum Gasteiger partial charge on any atom is -0.322 e. The molecule has 0 unspecified atom stereocenters. The zero-order valence-corrected chi connectivity index (χ0v) is 11.0. The number of nitrogens with one attached hydrogen (secondary N) is 1. The topological polar surface area (TPSA) is 66.5 Å². The Kier molecular flexibility index (Phi) is 3.56. The fraction of sp³-hybridized carbons (Fsp3) is 0.417. The molecule has 1 aromatic carbocycles. The second-order valence-corrected chi connectivity index (χ2v) is 6.74. The molecule has 98 valence electrons. The zero-order valence-electron chi connectivity index (χ0n) is 10.2. The summed E-state index contributed by atoms with van der Waals surface area (Å²) in [5.74, 6) is 0.0998. The Bertz CT molecular complexity index is 523. The van der Waals surface area contributed by atoms with Gasteiger partial charge in [0.2, 0.25) is 0 Å². The van der Waals surface area contributed by atoms with Gasteiger partial charge in [-0.3, -0.25) is 0 Å². The summed E-state index contributed by atoms with van der Waals surface area (Å²) < 4.78 is 22.5. The van der Waals surface area contributed by atoms with Crippen LogP contribution in [0.3, 0.4) is 0 Å². The fourth-order valence-electron chi connectivity index (χ4n) is 1.75. The van der Waals surface area contributed by atoms with E-state index in [9.17, 15) is 13.2 Å². The van der Waals surface area contributed by atoms with Crippen LogP contribution in [0.4, 0.5) is 10.5 Å². The van der Waals surface area contributed by atoms with Crippen LogP contribution in [0.25, 0.3) is 0 Å². The molecule has 0 spiro atoms. The molecular formula is C12H16N2O3S. The van der Waals surface area contributed by atoms with E-state index in [1.807, 2.05) is 31.2 Å². The highest BCUT2D eigenvalue weighted by atomic mass is 32.2. The predicted molar refractivity (Wildman–Crippen MR) is 70.4 cm³/mol. The van der Waals surface area contributed by atoms with Gasteiger partial charge < -0.3 is 10.2 Å². The molecule has 1 aliphatic rings. The first-order chi connectivity index (χ1) is 8.46. The van der Waals surface area contributed by atoms with Crippen molar-refractivity contribution in [2.45, 2.75) is 6.92 Å². The van der Waals surface area contributed by atoms with Crippen molar-refractivity contribution in [1.82, 2.24) is 4.90 Å². The Morgan fingerprint density at radius 1 is 1.17 bits per heavy atom. The maximum Gasteiger partial charge on any atom is 0.321 e. The first kappa shape index (κ1) is 12.9. The summed E-state index contributed by atoms with van der Waals surface area (Å²) in [6, 6.07) is 7.24. The van der Waals surface area contributed by atoms with Crippen molar-refractivity contribution < 1.29 is 13.2 Å².